The second-order valence-electron chi connectivity index (χ2n) is 6.09. The highest BCUT2D eigenvalue weighted by Gasteiger charge is 2.26. The van der Waals surface area contributed by atoms with E-state index in [0.717, 1.165) is 19.3 Å². The SMILES string of the molecule is CCC(N)Cc1ccc(N2c3ccccc3CC2C)cc1. The van der Waals surface area contributed by atoms with Crippen LogP contribution in [0.2, 0.25) is 0 Å². The molecule has 0 fully saturated rings. The Kier molecular flexibility index (Phi) is 3.98. The summed E-state index contributed by atoms with van der Waals surface area (Å²) in [6.45, 7) is 4.43. The molecule has 2 aromatic carbocycles. The van der Waals surface area contributed by atoms with Gasteiger partial charge in [0, 0.05) is 23.5 Å². The molecule has 0 saturated carbocycles. The molecule has 2 atom stereocenters. The quantitative estimate of drug-likeness (QED) is 0.915. The summed E-state index contributed by atoms with van der Waals surface area (Å²) in [7, 11) is 0. The fourth-order valence-electron chi connectivity index (χ4n) is 3.20. The molecule has 1 heterocycles. The third kappa shape index (κ3) is 2.81. The summed E-state index contributed by atoms with van der Waals surface area (Å²) in [4.78, 5) is 2.44. The first-order chi connectivity index (χ1) is 10.2. The van der Waals surface area contributed by atoms with Crippen molar-refractivity contribution in [3.63, 3.8) is 0 Å². The third-order valence-corrected chi connectivity index (χ3v) is 4.44. The number of nitrogens with two attached hydrogens (primary N) is 1. The van der Waals surface area contributed by atoms with E-state index in [2.05, 4.69) is 67.3 Å². The van der Waals surface area contributed by atoms with Crippen molar-refractivity contribution < 1.29 is 0 Å². The van der Waals surface area contributed by atoms with Gasteiger partial charge in [0.25, 0.3) is 0 Å². The Balaban J connectivity index is 1.84. The summed E-state index contributed by atoms with van der Waals surface area (Å²) in [6.07, 6.45) is 3.11. The van der Waals surface area contributed by atoms with Crippen molar-refractivity contribution in [1.29, 1.82) is 0 Å². The predicted octanol–water partition coefficient (Wildman–Crippen LogP) is 4.05. The van der Waals surface area contributed by atoms with Gasteiger partial charge in [0.1, 0.15) is 0 Å². The molecule has 2 N–H and O–H groups in total. The molecule has 0 aliphatic carbocycles. The van der Waals surface area contributed by atoms with E-state index in [1.54, 1.807) is 0 Å². The van der Waals surface area contributed by atoms with Gasteiger partial charge in [-0.15, -0.1) is 0 Å². The summed E-state index contributed by atoms with van der Waals surface area (Å²) >= 11 is 0. The van der Waals surface area contributed by atoms with E-state index in [-0.39, 0.29) is 6.04 Å². The molecule has 1 aliphatic rings. The molecule has 2 heteroatoms. The Morgan fingerprint density at radius 2 is 1.86 bits per heavy atom. The fourth-order valence-corrected chi connectivity index (χ4v) is 3.20. The van der Waals surface area contributed by atoms with Crippen LogP contribution in [-0.4, -0.2) is 12.1 Å². The number of nitrogens with zero attached hydrogens (tertiary/aromatic N) is 1. The molecule has 1 aliphatic heterocycles. The summed E-state index contributed by atoms with van der Waals surface area (Å²) < 4.78 is 0. The fraction of sp³-hybridized carbons (Fsp3) is 0.368. The Hall–Kier alpha value is -1.80. The van der Waals surface area contributed by atoms with Crippen LogP contribution in [-0.2, 0) is 12.8 Å². The highest BCUT2D eigenvalue weighted by atomic mass is 15.2. The summed E-state index contributed by atoms with van der Waals surface area (Å²) in [5, 5.41) is 0. The molecule has 2 aromatic rings. The van der Waals surface area contributed by atoms with E-state index in [4.69, 9.17) is 5.73 Å². The maximum atomic E-state index is 6.04. The highest BCUT2D eigenvalue weighted by Crippen LogP contribution is 2.37. The lowest BCUT2D eigenvalue weighted by molar-refractivity contribution is 0.646. The number of anilines is 2. The summed E-state index contributed by atoms with van der Waals surface area (Å²) in [5.41, 5.74) is 11.4. The first-order valence-electron chi connectivity index (χ1n) is 7.90. The van der Waals surface area contributed by atoms with Crippen molar-refractivity contribution in [2.75, 3.05) is 4.90 Å². The Morgan fingerprint density at radius 1 is 1.14 bits per heavy atom. The molecule has 0 bridgehead atoms. The maximum absolute atomic E-state index is 6.04. The second-order valence-corrected chi connectivity index (χ2v) is 6.09. The van der Waals surface area contributed by atoms with Gasteiger partial charge in [0.2, 0.25) is 0 Å². The van der Waals surface area contributed by atoms with E-state index in [1.807, 2.05) is 0 Å². The van der Waals surface area contributed by atoms with Crippen molar-refractivity contribution in [2.24, 2.45) is 5.73 Å². The Bertz CT molecular complexity index is 603. The van der Waals surface area contributed by atoms with E-state index in [0.29, 0.717) is 6.04 Å². The van der Waals surface area contributed by atoms with Gasteiger partial charge < -0.3 is 10.6 Å². The van der Waals surface area contributed by atoms with E-state index >= 15 is 0 Å². The lowest BCUT2D eigenvalue weighted by Crippen LogP contribution is -2.24. The van der Waals surface area contributed by atoms with Crippen LogP contribution in [0.15, 0.2) is 48.5 Å². The topological polar surface area (TPSA) is 29.3 Å². The van der Waals surface area contributed by atoms with Gasteiger partial charge in [-0.1, -0.05) is 37.3 Å². The molecule has 0 spiro atoms. The molecular formula is C19H24N2. The molecule has 0 saturated heterocycles. The number of hydrogen-bond acceptors (Lipinski definition) is 2. The minimum atomic E-state index is 0.266. The van der Waals surface area contributed by atoms with Crippen LogP contribution >= 0.6 is 0 Å². The number of rotatable bonds is 4. The minimum Gasteiger partial charge on any atom is -0.338 e. The monoisotopic (exact) mass is 280 g/mol. The average Bonchev–Trinajstić information content (AvgIpc) is 2.84. The number of para-hydroxylation sites is 1. The van der Waals surface area contributed by atoms with Crippen LogP contribution in [0.4, 0.5) is 11.4 Å². The summed E-state index contributed by atoms with van der Waals surface area (Å²) in [5.74, 6) is 0. The van der Waals surface area contributed by atoms with Crippen LogP contribution in [0.25, 0.3) is 0 Å². The smallest absolute Gasteiger partial charge is 0.0446 e. The van der Waals surface area contributed by atoms with Crippen molar-refractivity contribution >= 4 is 11.4 Å². The zero-order valence-corrected chi connectivity index (χ0v) is 12.9. The molecule has 0 radical (unpaired) electrons. The number of benzene rings is 2. The molecule has 0 amide bonds. The first-order valence-corrected chi connectivity index (χ1v) is 7.90. The van der Waals surface area contributed by atoms with Gasteiger partial charge in [0.05, 0.1) is 0 Å². The maximum Gasteiger partial charge on any atom is 0.0446 e. The predicted molar refractivity (Wildman–Crippen MR) is 90.2 cm³/mol. The molecule has 3 rings (SSSR count). The van der Waals surface area contributed by atoms with Crippen molar-refractivity contribution in [3.05, 3.63) is 59.7 Å². The third-order valence-electron chi connectivity index (χ3n) is 4.44. The van der Waals surface area contributed by atoms with Gasteiger partial charge in [0.15, 0.2) is 0 Å². The van der Waals surface area contributed by atoms with Crippen LogP contribution in [0, 0.1) is 0 Å². The average molecular weight is 280 g/mol. The Morgan fingerprint density at radius 3 is 2.57 bits per heavy atom. The highest BCUT2D eigenvalue weighted by molar-refractivity contribution is 5.71. The zero-order valence-electron chi connectivity index (χ0n) is 12.9. The minimum absolute atomic E-state index is 0.266. The van der Waals surface area contributed by atoms with Crippen molar-refractivity contribution in [2.45, 2.75) is 45.2 Å². The van der Waals surface area contributed by atoms with Gasteiger partial charge in [-0.25, -0.2) is 0 Å². The lowest BCUT2D eigenvalue weighted by atomic mass is 10.0. The van der Waals surface area contributed by atoms with E-state index < -0.39 is 0 Å². The summed E-state index contributed by atoms with van der Waals surface area (Å²) in [6, 6.07) is 18.4. The molecule has 0 aromatic heterocycles. The molecule has 21 heavy (non-hydrogen) atoms. The molecule has 2 nitrogen and oxygen atoms in total. The van der Waals surface area contributed by atoms with Gasteiger partial charge in [-0.2, -0.15) is 0 Å². The van der Waals surface area contributed by atoms with E-state index in [9.17, 15) is 0 Å². The first kappa shape index (κ1) is 14.2. The van der Waals surface area contributed by atoms with Crippen molar-refractivity contribution in [3.8, 4) is 0 Å². The molecular weight excluding hydrogens is 256 g/mol. The van der Waals surface area contributed by atoms with Gasteiger partial charge in [-0.05, 0) is 55.5 Å². The van der Waals surface area contributed by atoms with Crippen LogP contribution in [0.5, 0.6) is 0 Å². The standard InChI is InChI=1S/C19H24N2/c1-3-17(20)13-15-8-10-18(11-9-15)21-14(2)12-16-6-4-5-7-19(16)21/h4-11,14,17H,3,12-13,20H2,1-2H3. The molecule has 110 valence electrons. The number of hydrogen-bond donors (Lipinski definition) is 1. The normalized spacial score (nSPS) is 18.6. The van der Waals surface area contributed by atoms with Gasteiger partial charge >= 0.3 is 0 Å². The van der Waals surface area contributed by atoms with Crippen LogP contribution in [0.3, 0.4) is 0 Å². The van der Waals surface area contributed by atoms with Crippen LogP contribution in [0.1, 0.15) is 31.4 Å². The molecule has 2 unspecified atom stereocenters. The van der Waals surface area contributed by atoms with Crippen LogP contribution < -0.4 is 10.6 Å². The number of fused-ring (bicyclic) bond motifs is 1. The van der Waals surface area contributed by atoms with Gasteiger partial charge in [-0.3, -0.25) is 0 Å². The van der Waals surface area contributed by atoms with Crippen molar-refractivity contribution in [1.82, 2.24) is 0 Å². The Labute approximate surface area is 127 Å². The zero-order chi connectivity index (χ0) is 14.8. The van der Waals surface area contributed by atoms with E-state index in [1.165, 1.54) is 22.5 Å². The second kappa shape index (κ2) is 5.90. The largest absolute Gasteiger partial charge is 0.338 e. The lowest BCUT2D eigenvalue weighted by Gasteiger charge is -2.25.